The lowest BCUT2D eigenvalue weighted by Gasteiger charge is -2.01. The molecule has 0 amide bonds. The van der Waals surface area contributed by atoms with Gasteiger partial charge in [-0.3, -0.25) is 4.40 Å². The van der Waals surface area contributed by atoms with Gasteiger partial charge in [0.2, 0.25) is 0 Å². The molecule has 0 fully saturated rings. The largest absolute Gasteiger partial charge is 0.508 e. The molecule has 0 aliphatic rings. The van der Waals surface area contributed by atoms with Gasteiger partial charge in [0.1, 0.15) is 11.4 Å². The second kappa shape index (κ2) is 2.48. The zero-order valence-corrected chi connectivity index (χ0v) is 7.38. The summed E-state index contributed by atoms with van der Waals surface area (Å²) in [5.74, 6) is 0.277. The van der Waals surface area contributed by atoms with Gasteiger partial charge in [-0.2, -0.15) is 0 Å². The van der Waals surface area contributed by atoms with Crippen LogP contribution in [0.5, 0.6) is 5.75 Å². The minimum Gasteiger partial charge on any atom is -0.508 e. The summed E-state index contributed by atoms with van der Waals surface area (Å²) in [4.78, 5) is 4.18. The van der Waals surface area contributed by atoms with Crippen molar-refractivity contribution < 1.29 is 5.11 Å². The van der Waals surface area contributed by atoms with E-state index in [-0.39, 0.29) is 5.75 Å². The van der Waals surface area contributed by atoms with E-state index in [1.54, 1.807) is 18.3 Å². The lowest BCUT2D eigenvalue weighted by atomic mass is 10.2. The fraction of sp³-hybridized carbons (Fsp3) is 0. The number of phenolic OH excluding ortho intramolecular Hbond substituents is 1. The first-order valence-electron chi connectivity index (χ1n) is 4.39. The second-order valence-electron chi connectivity index (χ2n) is 3.23. The maximum absolute atomic E-state index is 9.39. The third kappa shape index (κ3) is 0.893. The number of hydrogen-bond acceptors (Lipinski definition) is 2. The molecule has 0 spiro atoms. The van der Waals surface area contributed by atoms with Crippen molar-refractivity contribution in [1.82, 2.24) is 9.38 Å². The molecule has 14 heavy (non-hydrogen) atoms. The fourth-order valence-corrected chi connectivity index (χ4v) is 1.69. The monoisotopic (exact) mass is 184 g/mol. The summed E-state index contributed by atoms with van der Waals surface area (Å²) < 4.78 is 1.95. The second-order valence-corrected chi connectivity index (χ2v) is 3.23. The number of aromatic nitrogens is 2. The number of benzene rings is 1. The van der Waals surface area contributed by atoms with Crippen LogP contribution in [-0.2, 0) is 0 Å². The summed E-state index contributed by atoms with van der Waals surface area (Å²) in [5, 5.41) is 10.5. The van der Waals surface area contributed by atoms with Gasteiger partial charge in [0, 0.05) is 18.5 Å². The molecule has 0 aliphatic heterocycles. The first kappa shape index (κ1) is 7.38. The Morgan fingerprint density at radius 2 is 2.00 bits per heavy atom. The predicted molar refractivity (Wildman–Crippen MR) is 54.4 cm³/mol. The molecule has 0 atom stereocenters. The molecule has 2 heterocycles. The molecule has 0 saturated heterocycles. The number of fused-ring (bicyclic) bond motifs is 3. The SMILES string of the molecule is Oc1ccc2ccc3nccn3c2c1. The molecule has 3 aromatic rings. The van der Waals surface area contributed by atoms with Crippen molar-refractivity contribution in [3.8, 4) is 5.75 Å². The minimum atomic E-state index is 0.277. The van der Waals surface area contributed by atoms with E-state index in [0.29, 0.717) is 0 Å². The van der Waals surface area contributed by atoms with Gasteiger partial charge in [0.25, 0.3) is 0 Å². The van der Waals surface area contributed by atoms with E-state index in [1.165, 1.54) is 0 Å². The molecule has 0 aliphatic carbocycles. The standard InChI is InChI=1S/C11H8N2O/c14-9-3-1-8-2-4-11-12-5-6-13(11)10(8)7-9/h1-7,14H. The highest BCUT2D eigenvalue weighted by molar-refractivity contribution is 5.83. The van der Waals surface area contributed by atoms with Crippen molar-refractivity contribution in [2.45, 2.75) is 0 Å². The summed E-state index contributed by atoms with van der Waals surface area (Å²) in [6.45, 7) is 0. The molecule has 1 aromatic carbocycles. The molecular weight excluding hydrogens is 176 g/mol. The van der Waals surface area contributed by atoms with E-state index in [9.17, 15) is 5.11 Å². The van der Waals surface area contributed by atoms with Crippen molar-refractivity contribution in [2.75, 3.05) is 0 Å². The quantitative estimate of drug-likeness (QED) is 0.581. The Morgan fingerprint density at radius 1 is 1.14 bits per heavy atom. The van der Waals surface area contributed by atoms with Crippen LogP contribution in [0.15, 0.2) is 42.7 Å². The molecule has 0 bridgehead atoms. The molecule has 3 nitrogen and oxygen atoms in total. The Kier molecular flexibility index (Phi) is 1.31. The van der Waals surface area contributed by atoms with Gasteiger partial charge in [-0.1, -0.05) is 0 Å². The summed E-state index contributed by atoms with van der Waals surface area (Å²) in [7, 11) is 0. The molecule has 1 N–H and O–H groups in total. The van der Waals surface area contributed by atoms with Crippen LogP contribution < -0.4 is 0 Å². The van der Waals surface area contributed by atoms with Crippen LogP contribution in [0, 0.1) is 0 Å². The van der Waals surface area contributed by atoms with Gasteiger partial charge in [0.15, 0.2) is 0 Å². The maximum atomic E-state index is 9.39. The molecule has 0 saturated carbocycles. The summed E-state index contributed by atoms with van der Waals surface area (Å²) in [6.07, 6.45) is 3.63. The number of aromatic hydroxyl groups is 1. The lowest BCUT2D eigenvalue weighted by Crippen LogP contribution is -1.85. The van der Waals surface area contributed by atoms with Crippen LogP contribution in [0.1, 0.15) is 0 Å². The Bertz CT molecular complexity index is 613. The Labute approximate surface area is 80.2 Å². The molecule has 2 aromatic heterocycles. The highest BCUT2D eigenvalue weighted by Gasteiger charge is 2.00. The van der Waals surface area contributed by atoms with Gasteiger partial charge in [-0.15, -0.1) is 0 Å². The lowest BCUT2D eigenvalue weighted by molar-refractivity contribution is 0.476. The summed E-state index contributed by atoms with van der Waals surface area (Å²) >= 11 is 0. The van der Waals surface area contributed by atoms with Crippen LogP contribution in [0.4, 0.5) is 0 Å². The van der Waals surface area contributed by atoms with Crippen molar-refractivity contribution in [3.63, 3.8) is 0 Å². The number of hydrogen-bond donors (Lipinski definition) is 1. The van der Waals surface area contributed by atoms with Crippen molar-refractivity contribution in [1.29, 1.82) is 0 Å². The minimum absolute atomic E-state index is 0.277. The number of imidazole rings is 1. The maximum Gasteiger partial charge on any atom is 0.137 e. The smallest absolute Gasteiger partial charge is 0.137 e. The van der Waals surface area contributed by atoms with Crippen LogP contribution in [0.2, 0.25) is 0 Å². The third-order valence-corrected chi connectivity index (χ3v) is 2.35. The Hall–Kier alpha value is -2.03. The topological polar surface area (TPSA) is 37.5 Å². The van der Waals surface area contributed by atoms with Crippen LogP contribution in [0.3, 0.4) is 0 Å². The fourth-order valence-electron chi connectivity index (χ4n) is 1.69. The van der Waals surface area contributed by atoms with Gasteiger partial charge in [-0.25, -0.2) is 4.98 Å². The number of rotatable bonds is 0. The highest BCUT2D eigenvalue weighted by atomic mass is 16.3. The Morgan fingerprint density at radius 3 is 2.93 bits per heavy atom. The average Bonchev–Trinajstić information content (AvgIpc) is 2.65. The number of phenols is 1. The third-order valence-electron chi connectivity index (χ3n) is 2.35. The first-order chi connectivity index (χ1) is 6.84. The molecule has 68 valence electrons. The van der Waals surface area contributed by atoms with Crippen molar-refractivity contribution >= 4 is 16.6 Å². The van der Waals surface area contributed by atoms with Gasteiger partial charge in [0.05, 0.1) is 5.52 Å². The van der Waals surface area contributed by atoms with E-state index >= 15 is 0 Å². The molecular formula is C11H8N2O. The van der Waals surface area contributed by atoms with Crippen molar-refractivity contribution in [3.05, 3.63) is 42.7 Å². The van der Waals surface area contributed by atoms with Gasteiger partial charge >= 0.3 is 0 Å². The van der Waals surface area contributed by atoms with Gasteiger partial charge in [-0.05, 0) is 29.7 Å². The average molecular weight is 184 g/mol. The normalized spacial score (nSPS) is 11.1. The molecule has 3 rings (SSSR count). The number of nitrogens with zero attached hydrogens (tertiary/aromatic N) is 2. The molecule has 3 heteroatoms. The van der Waals surface area contributed by atoms with Gasteiger partial charge < -0.3 is 5.11 Å². The van der Waals surface area contributed by atoms with E-state index in [0.717, 1.165) is 16.6 Å². The summed E-state index contributed by atoms with van der Waals surface area (Å²) in [6, 6.07) is 9.27. The Balaban J connectivity index is 2.60. The van der Waals surface area contributed by atoms with E-state index < -0.39 is 0 Å². The predicted octanol–water partition coefficient (Wildman–Crippen LogP) is 2.19. The van der Waals surface area contributed by atoms with Crippen LogP contribution in [-0.4, -0.2) is 14.5 Å². The first-order valence-corrected chi connectivity index (χ1v) is 4.39. The zero-order chi connectivity index (χ0) is 9.54. The zero-order valence-electron chi connectivity index (χ0n) is 7.38. The van der Waals surface area contributed by atoms with Crippen molar-refractivity contribution in [2.24, 2.45) is 0 Å². The number of pyridine rings is 1. The molecule has 0 unspecified atom stereocenters. The van der Waals surface area contributed by atoms with Crippen LogP contribution >= 0.6 is 0 Å². The van der Waals surface area contributed by atoms with E-state index in [4.69, 9.17) is 0 Å². The summed E-state index contributed by atoms with van der Waals surface area (Å²) in [5.41, 5.74) is 1.86. The van der Waals surface area contributed by atoms with E-state index in [1.807, 2.05) is 28.8 Å². The van der Waals surface area contributed by atoms with E-state index in [2.05, 4.69) is 4.98 Å². The van der Waals surface area contributed by atoms with Crippen LogP contribution in [0.25, 0.3) is 16.6 Å². The molecule has 0 radical (unpaired) electrons. The highest BCUT2D eigenvalue weighted by Crippen LogP contribution is 2.20.